The average molecular weight is 388 g/mol. The van der Waals surface area contributed by atoms with Gasteiger partial charge in [0.05, 0.1) is 6.07 Å². The van der Waals surface area contributed by atoms with Gasteiger partial charge < -0.3 is 10.1 Å². The number of amides is 1. The smallest absolute Gasteiger partial charge is 0.407 e. The van der Waals surface area contributed by atoms with E-state index in [4.69, 9.17) is 10.00 Å². The molecule has 0 spiro atoms. The number of carbonyl (C=O) groups is 1. The van der Waals surface area contributed by atoms with Gasteiger partial charge in [0.25, 0.3) is 0 Å². The van der Waals surface area contributed by atoms with Crippen molar-refractivity contribution in [1.29, 1.82) is 5.26 Å². The van der Waals surface area contributed by atoms with Gasteiger partial charge in [-0.1, -0.05) is 56.0 Å². The first-order valence-electron chi connectivity index (χ1n) is 10.5. The van der Waals surface area contributed by atoms with Gasteiger partial charge in [0.2, 0.25) is 0 Å². The van der Waals surface area contributed by atoms with Crippen LogP contribution in [0.2, 0.25) is 0 Å². The summed E-state index contributed by atoms with van der Waals surface area (Å²) < 4.78 is 5.22. The second-order valence-corrected chi connectivity index (χ2v) is 8.22. The van der Waals surface area contributed by atoms with Crippen molar-refractivity contribution in [2.75, 3.05) is 19.6 Å². The molecule has 0 saturated heterocycles. The molecule has 1 amide bonds. The molecule has 1 N–H and O–H groups in total. The maximum atomic E-state index is 11.5. The molecule has 5 heteroatoms. The molecule has 0 saturated carbocycles. The Hall–Kier alpha value is -2.06. The zero-order chi connectivity index (χ0) is 20.7. The van der Waals surface area contributed by atoms with Crippen molar-refractivity contribution in [2.24, 2.45) is 0 Å². The van der Waals surface area contributed by atoms with Crippen LogP contribution < -0.4 is 5.32 Å². The van der Waals surface area contributed by atoms with Crippen LogP contribution in [-0.2, 0) is 11.3 Å². The summed E-state index contributed by atoms with van der Waals surface area (Å²) in [5.74, 6) is 0. The SMILES string of the molecule is CC(C)(C)OC(=O)NCCCCCCCCN(CCC#N)Cc1ccccc1. The van der Waals surface area contributed by atoms with Crippen molar-refractivity contribution in [2.45, 2.75) is 77.9 Å². The fraction of sp³-hybridized carbons (Fsp3) is 0.652. The number of nitrogens with one attached hydrogen (secondary N) is 1. The lowest BCUT2D eigenvalue weighted by Crippen LogP contribution is -2.32. The number of hydrogen-bond donors (Lipinski definition) is 1. The van der Waals surface area contributed by atoms with Crippen molar-refractivity contribution in [3.05, 3.63) is 35.9 Å². The van der Waals surface area contributed by atoms with Crippen molar-refractivity contribution in [3.8, 4) is 6.07 Å². The summed E-state index contributed by atoms with van der Waals surface area (Å²) in [6.45, 7) is 9.07. The Morgan fingerprint density at radius 1 is 1.04 bits per heavy atom. The molecular weight excluding hydrogens is 350 g/mol. The van der Waals surface area contributed by atoms with E-state index >= 15 is 0 Å². The highest BCUT2D eigenvalue weighted by Crippen LogP contribution is 2.10. The molecule has 5 nitrogen and oxygen atoms in total. The van der Waals surface area contributed by atoms with Crippen LogP contribution in [0, 0.1) is 11.3 Å². The second kappa shape index (κ2) is 14.0. The van der Waals surface area contributed by atoms with Gasteiger partial charge in [0.1, 0.15) is 5.60 Å². The summed E-state index contributed by atoms with van der Waals surface area (Å²) in [6, 6.07) is 12.7. The summed E-state index contributed by atoms with van der Waals surface area (Å²) in [7, 11) is 0. The van der Waals surface area contributed by atoms with Crippen LogP contribution in [-0.4, -0.2) is 36.2 Å². The Balaban J connectivity index is 2.07. The van der Waals surface area contributed by atoms with E-state index in [1.165, 1.54) is 24.8 Å². The summed E-state index contributed by atoms with van der Waals surface area (Å²) in [5.41, 5.74) is 0.865. The quantitative estimate of drug-likeness (QED) is 0.468. The molecule has 1 aromatic carbocycles. The van der Waals surface area contributed by atoms with Crippen molar-refractivity contribution < 1.29 is 9.53 Å². The molecule has 1 rings (SSSR count). The lowest BCUT2D eigenvalue weighted by molar-refractivity contribution is 0.0527. The minimum atomic E-state index is -0.439. The normalized spacial score (nSPS) is 11.2. The van der Waals surface area contributed by atoms with Crippen LogP contribution in [0.4, 0.5) is 4.79 Å². The fourth-order valence-corrected chi connectivity index (χ4v) is 2.99. The minimum absolute atomic E-state index is 0.330. The van der Waals surface area contributed by atoms with E-state index in [-0.39, 0.29) is 6.09 Å². The van der Waals surface area contributed by atoms with Gasteiger partial charge in [-0.2, -0.15) is 5.26 Å². The number of nitrogens with zero attached hydrogens (tertiary/aromatic N) is 2. The number of alkyl carbamates (subject to hydrolysis) is 1. The molecule has 156 valence electrons. The van der Waals surface area contributed by atoms with Crippen LogP contribution in [0.3, 0.4) is 0 Å². The highest BCUT2D eigenvalue weighted by molar-refractivity contribution is 5.67. The number of nitriles is 1. The molecule has 0 aliphatic carbocycles. The molecule has 0 radical (unpaired) electrons. The van der Waals surface area contributed by atoms with E-state index in [1.54, 1.807) is 0 Å². The number of hydrogen-bond acceptors (Lipinski definition) is 4. The molecule has 0 aliphatic rings. The zero-order valence-corrected chi connectivity index (χ0v) is 17.9. The predicted octanol–water partition coefficient (Wildman–Crippen LogP) is 5.27. The Kier molecular flexibility index (Phi) is 12.0. The average Bonchev–Trinajstić information content (AvgIpc) is 2.64. The number of benzene rings is 1. The van der Waals surface area contributed by atoms with E-state index in [0.29, 0.717) is 13.0 Å². The molecular formula is C23H37N3O2. The Morgan fingerprint density at radius 3 is 2.32 bits per heavy atom. The minimum Gasteiger partial charge on any atom is -0.444 e. The number of ether oxygens (including phenoxy) is 1. The molecule has 0 aromatic heterocycles. The monoisotopic (exact) mass is 387 g/mol. The summed E-state index contributed by atoms with van der Waals surface area (Å²) >= 11 is 0. The van der Waals surface area contributed by atoms with Crippen LogP contribution in [0.25, 0.3) is 0 Å². The third kappa shape index (κ3) is 13.2. The maximum Gasteiger partial charge on any atom is 0.407 e. The van der Waals surface area contributed by atoms with Gasteiger partial charge in [0, 0.05) is 26.1 Å². The van der Waals surface area contributed by atoms with Gasteiger partial charge in [0.15, 0.2) is 0 Å². The molecule has 0 bridgehead atoms. The van der Waals surface area contributed by atoms with Gasteiger partial charge in [-0.15, -0.1) is 0 Å². The summed E-state index contributed by atoms with van der Waals surface area (Å²) in [6.07, 6.45) is 7.13. The third-order valence-corrected chi connectivity index (χ3v) is 4.36. The number of unbranched alkanes of at least 4 members (excludes halogenated alkanes) is 5. The topological polar surface area (TPSA) is 65.4 Å². The van der Waals surface area contributed by atoms with E-state index in [2.05, 4.69) is 40.6 Å². The zero-order valence-electron chi connectivity index (χ0n) is 17.9. The molecule has 0 fully saturated rings. The summed E-state index contributed by atoms with van der Waals surface area (Å²) in [4.78, 5) is 13.9. The first-order chi connectivity index (χ1) is 13.4. The van der Waals surface area contributed by atoms with E-state index < -0.39 is 5.60 Å². The molecule has 0 aliphatic heterocycles. The van der Waals surface area contributed by atoms with E-state index in [9.17, 15) is 4.79 Å². The van der Waals surface area contributed by atoms with Gasteiger partial charge >= 0.3 is 6.09 Å². The molecule has 0 heterocycles. The van der Waals surface area contributed by atoms with Crippen LogP contribution in [0.5, 0.6) is 0 Å². The van der Waals surface area contributed by atoms with Gasteiger partial charge in [-0.05, 0) is 45.7 Å². The number of carbonyl (C=O) groups excluding carboxylic acids is 1. The lowest BCUT2D eigenvalue weighted by atomic mass is 10.1. The highest BCUT2D eigenvalue weighted by Gasteiger charge is 2.15. The van der Waals surface area contributed by atoms with Gasteiger partial charge in [-0.3, -0.25) is 4.90 Å². The van der Waals surface area contributed by atoms with Crippen molar-refractivity contribution in [3.63, 3.8) is 0 Å². The van der Waals surface area contributed by atoms with E-state index in [0.717, 1.165) is 38.9 Å². The van der Waals surface area contributed by atoms with Crippen LogP contribution in [0.1, 0.15) is 71.3 Å². The second-order valence-electron chi connectivity index (χ2n) is 8.22. The Morgan fingerprint density at radius 2 is 1.68 bits per heavy atom. The first-order valence-corrected chi connectivity index (χ1v) is 10.5. The lowest BCUT2D eigenvalue weighted by Gasteiger charge is -2.21. The Labute approximate surface area is 171 Å². The predicted molar refractivity (Wildman–Crippen MR) is 114 cm³/mol. The standard InChI is InChI=1S/C23H37N3O2/c1-23(2,3)28-22(27)25-17-11-6-4-5-7-12-18-26(19-13-16-24)20-21-14-9-8-10-15-21/h8-10,14-15H,4-7,11-13,17-20H2,1-3H3,(H,25,27). The maximum absolute atomic E-state index is 11.5. The molecule has 1 aromatic rings. The van der Waals surface area contributed by atoms with Gasteiger partial charge in [-0.25, -0.2) is 4.79 Å². The third-order valence-electron chi connectivity index (χ3n) is 4.36. The van der Waals surface area contributed by atoms with E-state index in [1.807, 2.05) is 26.8 Å². The fourth-order valence-electron chi connectivity index (χ4n) is 2.99. The first kappa shape index (κ1) is 24.0. The molecule has 0 unspecified atom stereocenters. The largest absolute Gasteiger partial charge is 0.444 e. The highest BCUT2D eigenvalue weighted by atomic mass is 16.6. The van der Waals surface area contributed by atoms with Crippen LogP contribution in [0.15, 0.2) is 30.3 Å². The molecule has 28 heavy (non-hydrogen) atoms. The van der Waals surface area contributed by atoms with Crippen molar-refractivity contribution >= 4 is 6.09 Å². The Bertz CT molecular complexity index is 576. The summed E-state index contributed by atoms with van der Waals surface area (Å²) in [5, 5.41) is 11.7. The van der Waals surface area contributed by atoms with Crippen molar-refractivity contribution in [1.82, 2.24) is 10.2 Å². The number of rotatable bonds is 13. The molecule has 0 atom stereocenters. The van der Waals surface area contributed by atoms with Crippen LogP contribution >= 0.6 is 0 Å².